The van der Waals surface area contributed by atoms with E-state index in [1.807, 2.05) is 13.8 Å². The first-order valence-electron chi connectivity index (χ1n) is 6.09. The Bertz CT molecular complexity index is 468. The van der Waals surface area contributed by atoms with Crippen LogP contribution in [0.3, 0.4) is 0 Å². The number of carbonyl (C=O) groups is 2. The first-order valence-corrected chi connectivity index (χ1v) is 6.91. The third-order valence-corrected chi connectivity index (χ3v) is 3.79. The summed E-state index contributed by atoms with van der Waals surface area (Å²) in [5.41, 5.74) is 0. The fourth-order valence-electron chi connectivity index (χ4n) is 1.58. The van der Waals surface area contributed by atoms with Crippen molar-refractivity contribution in [1.82, 2.24) is 15.1 Å². The molecule has 0 aliphatic carbocycles. The topological polar surface area (TPSA) is 84.4 Å². The second-order valence-electron chi connectivity index (χ2n) is 4.46. The van der Waals surface area contributed by atoms with Gasteiger partial charge in [0.2, 0.25) is 5.13 Å². The Kier molecular flexibility index (Phi) is 4.43. The number of carbonyl (C=O) groups excluding carboxylic acids is 2. The lowest BCUT2D eigenvalue weighted by molar-refractivity contribution is -0.145. The summed E-state index contributed by atoms with van der Waals surface area (Å²) in [6, 6.07) is 0. The van der Waals surface area contributed by atoms with Gasteiger partial charge in [-0.3, -0.25) is 14.9 Å². The molecule has 1 N–H and O–H groups in total. The number of morpholine rings is 1. The normalized spacial score (nSPS) is 15.6. The zero-order valence-electron chi connectivity index (χ0n) is 10.9. The van der Waals surface area contributed by atoms with Gasteiger partial charge in [-0.2, -0.15) is 0 Å². The van der Waals surface area contributed by atoms with E-state index in [4.69, 9.17) is 4.74 Å². The highest BCUT2D eigenvalue weighted by Gasteiger charge is 2.24. The van der Waals surface area contributed by atoms with E-state index in [0.29, 0.717) is 31.4 Å². The number of amides is 2. The molecule has 1 aliphatic rings. The summed E-state index contributed by atoms with van der Waals surface area (Å²) < 4.78 is 5.13. The van der Waals surface area contributed by atoms with E-state index in [9.17, 15) is 9.59 Å². The van der Waals surface area contributed by atoms with Crippen LogP contribution in [0.15, 0.2) is 0 Å². The molecule has 0 saturated carbocycles. The van der Waals surface area contributed by atoms with Gasteiger partial charge in [-0.05, 0) is 0 Å². The molecule has 2 rings (SSSR count). The maximum atomic E-state index is 11.9. The zero-order valence-corrected chi connectivity index (χ0v) is 11.7. The Morgan fingerprint density at radius 3 is 2.58 bits per heavy atom. The molecule has 0 atom stereocenters. The van der Waals surface area contributed by atoms with Crippen LogP contribution in [0.25, 0.3) is 0 Å². The molecule has 0 spiro atoms. The van der Waals surface area contributed by atoms with E-state index in [0.717, 1.165) is 5.01 Å². The monoisotopic (exact) mass is 284 g/mol. The van der Waals surface area contributed by atoms with E-state index >= 15 is 0 Å². The second kappa shape index (κ2) is 6.07. The van der Waals surface area contributed by atoms with Gasteiger partial charge < -0.3 is 9.64 Å². The molecule has 1 saturated heterocycles. The van der Waals surface area contributed by atoms with Crippen LogP contribution >= 0.6 is 11.3 Å². The predicted octanol–water partition coefficient (Wildman–Crippen LogP) is 0.459. The molecular formula is C11H16N4O3S. The summed E-state index contributed by atoms with van der Waals surface area (Å²) in [6.07, 6.45) is 0. The van der Waals surface area contributed by atoms with Gasteiger partial charge in [-0.15, -0.1) is 10.2 Å². The lowest BCUT2D eigenvalue weighted by Gasteiger charge is -2.25. The van der Waals surface area contributed by atoms with Crippen LogP contribution < -0.4 is 5.32 Å². The predicted molar refractivity (Wildman–Crippen MR) is 70.0 cm³/mol. The summed E-state index contributed by atoms with van der Waals surface area (Å²) in [5, 5.41) is 11.5. The van der Waals surface area contributed by atoms with Gasteiger partial charge in [-0.25, -0.2) is 0 Å². The molecule has 0 aromatic carbocycles. The summed E-state index contributed by atoms with van der Waals surface area (Å²) >= 11 is 1.28. The number of nitrogens with zero attached hydrogens (tertiary/aromatic N) is 3. The van der Waals surface area contributed by atoms with Crippen molar-refractivity contribution >= 4 is 28.3 Å². The van der Waals surface area contributed by atoms with Crippen LogP contribution in [-0.4, -0.2) is 53.2 Å². The number of nitrogens with one attached hydrogen (secondary N) is 1. The fraction of sp³-hybridized carbons (Fsp3) is 0.636. The molecule has 1 fully saturated rings. The molecule has 2 heterocycles. The van der Waals surface area contributed by atoms with Crippen molar-refractivity contribution in [2.24, 2.45) is 0 Å². The molecule has 0 radical (unpaired) electrons. The van der Waals surface area contributed by atoms with Crippen LogP contribution in [-0.2, 0) is 14.3 Å². The first kappa shape index (κ1) is 13.9. The maximum absolute atomic E-state index is 11.9. The Labute approximate surface area is 115 Å². The number of rotatable bonds is 2. The molecule has 0 unspecified atom stereocenters. The van der Waals surface area contributed by atoms with Crippen LogP contribution in [0, 0.1) is 0 Å². The Morgan fingerprint density at radius 2 is 2.00 bits per heavy atom. The SMILES string of the molecule is CC(C)c1nnc(NC(=O)C(=O)N2CCOCC2)s1. The number of anilines is 1. The Morgan fingerprint density at radius 1 is 1.32 bits per heavy atom. The smallest absolute Gasteiger partial charge is 0.315 e. The van der Waals surface area contributed by atoms with Gasteiger partial charge in [0.1, 0.15) is 5.01 Å². The van der Waals surface area contributed by atoms with Crippen LogP contribution in [0.2, 0.25) is 0 Å². The van der Waals surface area contributed by atoms with E-state index in [2.05, 4.69) is 15.5 Å². The van der Waals surface area contributed by atoms with Crippen molar-refractivity contribution in [2.45, 2.75) is 19.8 Å². The van der Waals surface area contributed by atoms with Gasteiger partial charge in [0, 0.05) is 19.0 Å². The van der Waals surface area contributed by atoms with Crippen molar-refractivity contribution in [3.05, 3.63) is 5.01 Å². The van der Waals surface area contributed by atoms with Crippen molar-refractivity contribution in [3.8, 4) is 0 Å². The molecule has 19 heavy (non-hydrogen) atoms. The summed E-state index contributed by atoms with van der Waals surface area (Å²) in [5.74, 6) is -0.976. The highest BCUT2D eigenvalue weighted by Crippen LogP contribution is 2.22. The molecule has 0 bridgehead atoms. The first-order chi connectivity index (χ1) is 9.08. The van der Waals surface area contributed by atoms with E-state index < -0.39 is 11.8 Å². The fourth-order valence-corrected chi connectivity index (χ4v) is 2.32. The van der Waals surface area contributed by atoms with E-state index in [1.54, 1.807) is 0 Å². The third-order valence-electron chi connectivity index (χ3n) is 2.65. The standard InChI is InChI=1S/C11H16N4O3S/c1-7(2)9-13-14-11(19-9)12-8(16)10(17)15-3-5-18-6-4-15/h7H,3-6H2,1-2H3,(H,12,14,16). The summed E-state index contributed by atoms with van der Waals surface area (Å²) in [7, 11) is 0. The highest BCUT2D eigenvalue weighted by atomic mass is 32.1. The highest BCUT2D eigenvalue weighted by molar-refractivity contribution is 7.15. The largest absolute Gasteiger partial charge is 0.378 e. The lowest BCUT2D eigenvalue weighted by atomic mass is 10.2. The average molecular weight is 284 g/mol. The summed E-state index contributed by atoms with van der Waals surface area (Å²) in [6.45, 7) is 5.81. The number of hydrogen-bond donors (Lipinski definition) is 1. The van der Waals surface area contributed by atoms with Crippen LogP contribution in [0.1, 0.15) is 24.8 Å². The van der Waals surface area contributed by atoms with Crippen molar-refractivity contribution in [2.75, 3.05) is 31.6 Å². The van der Waals surface area contributed by atoms with Crippen LogP contribution in [0.4, 0.5) is 5.13 Å². The number of ether oxygens (including phenoxy) is 1. The molecule has 7 nitrogen and oxygen atoms in total. The molecule has 1 aromatic rings. The minimum atomic E-state index is -0.673. The Hall–Kier alpha value is -1.54. The molecule has 8 heteroatoms. The van der Waals surface area contributed by atoms with Gasteiger partial charge in [0.15, 0.2) is 0 Å². The zero-order chi connectivity index (χ0) is 13.8. The minimum Gasteiger partial charge on any atom is -0.378 e. The Balaban J connectivity index is 1.93. The maximum Gasteiger partial charge on any atom is 0.315 e. The van der Waals surface area contributed by atoms with Gasteiger partial charge in [-0.1, -0.05) is 25.2 Å². The van der Waals surface area contributed by atoms with E-state index in [-0.39, 0.29) is 5.92 Å². The molecule has 1 aliphatic heterocycles. The number of aromatic nitrogens is 2. The van der Waals surface area contributed by atoms with E-state index in [1.165, 1.54) is 16.2 Å². The van der Waals surface area contributed by atoms with Crippen molar-refractivity contribution in [1.29, 1.82) is 0 Å². The van der Waals surface area contributed by atoms with Crippen LogP contribution in [0.5, 0.6) is 0 Å². The molecule has 104 valence electrons. The van der Waals surface area contributed by atoms with Gasteiger partial charge in [0.05, 0.1) is 13.2 Å². The van der Waals surface area contributed by atoms with Gasteiger partial charge in [0.25, 0.3) is 0 Å². The van der Waals surface area contributed by atoms with Crippen molar-refractivity contribution in [3.63, 3.8) is 0 Å². The van der Waals surface area contributed by atoms with Crippen molar-refractivity contribution < 1.29 is 14.3 Å². The van der Waals surface area contributed by atoms with Gasteiger partial charge >= 0.3 is 11.8 Å². The third kappa shape index (κ3) is 3.48. The number of hydrogen-bond acceptors (Lipinski definition) is 6. The molecule has 2 amide bonds. The lowest BCUT2D eigenvalue weighted by Crippen LogP contribution is -2.45. The summed E-state index contributed by atoms with van der Waals surface area (Å²) in [4.78, 5) is 25.1. The second-order valence-corrected chi connectivity index (χ2v) is 5.47. The molecular weight excluding hydrogens is 268 g/mol. The molecule has 1 aromatic heterocycles. The quantitative estimate of drug-likeness (QED) is 0.798. The average Bonchev–Trinajstić information content (AvgIpc) is 2.87. The minimum absolute atomic E-state index is 0.248.